The predicted octanol–water partition coefficient (Wildman–Crippen LogP) is 2.34. The summed E-state index contributed by atoms with van der Waals surface area (Å²) in [6.07, 6.45) is 4.24. The Balaban J connectivity index is 1.64. The first kappa shape index (κ1) is 15.3. The monoisotopic (exact) mass is 306 g/mol. The van der Waals surface area contributed by atoms with E-state index in [2.05, 4.69) is 12.2 Å². The Hall–Kier alpha value is -1.62. The van der Waals surface area contributed by atoms with Gasteiger partial charge in [-0.2, -0.15) is 0 Å². The van der Waals surface area contributed by atoms with Crippen molar-refractivity contribution in [2.24, 2.45) is 0 Å². The van der Waals surface area contributed by atoms with Crippen molar-refractivity contribution < 1.29 is 13.9 Å². The van der Waals surface area contributed by atoms with Gasteiger partial charge in [0.2, 0.25) is 0 Å². The SMILES string of the molecule is C[C@]12CCCN(C(=O)COc3cccc(F)c3)[C@@H]1CCCN2. The molecule has 0 unspecified atom stereocenters. The van der Waals surface area contributed by atoms with Crippen LogP contribution in [0.5, 0.6) is 5.75 Å². The number of rotatable bonds is 3. The van der Waals surface area contributed by atoms with E-state index in [1.54, 1.807) is 12.1 Å². The third-order valence-electron chi connectivity index (χ3n) is 4.87. The number of piperidine rings is 2. The maximum Gasteiger partial charge on any atom is 0.260 e. The molecule has 0 aliphatic carbocycles. The molecule has 0 bridgehead atoms. The highest BCUT2D eigenvalue weighted by molar-refractivity contribution is 5.78. The number of carbonyl (C=O) groups is 1. The van der Waals surface area contributed by atoms with Gasteiger partial charge in [-0.05, 0) is 51.3 Å². The summed E-state index contributed by atoms with van der Waals surface area (Å²) < 4.78 is 18.6. The lowest BCUT2D eigenvalue weighted by molar-refractivity contribution is -0.140. The fourth-order valence-corrected chi connectivity index (χ4v) is 3.72. The number of nitrogens with zero attached hydrogens (tertiary/aromatic N) is 1. The molecule has 0 spiro atoms. The minimum atomic E-state index is -0.355. The van der Waals surface area contributed by atoms with Crippen LogP contribution in [0.4, 0.5) is 4.39 Å². The average Bonchev–Trinajstić information content (AvgIpc) is 2.51. The summed E-state index contributed by atoms with van der Waals surface area (Å²) in [6, 6.07) is 6.14. The number of benzene rings is 1. The standard InChI is InChI=1S/C17H23FN2O2/c1-17-8-4-10-20(15(17)7-3-9-19-17)16(21)12-22-14-6-2-5-13(18)11-14/h2,5-6,11,15,19H,3-4,7-10,12H2,1H3/t15-,17+/m1/s1. The summed E-state index contributed by atoms with van der Waals surface area (Å²) in [5.74, 6) is 0.0331. The van der Waals surface area contributed by atoms with Crippen molar-refractivity contribution >= 4 is 5.91 Å². The van der Waals surface area contributed by atoms with Gasteiger partial charge in [0, 0.05) is 24.2 Å². The molecule has 1 aromatic rings. The van der Waals surface area contributed by atoms with E-state index in [4.69, 9.17) is 4.74 Å². The molecule has 2 heterocycles. The number of fused-ring (bicyclic) bond motifs is 1. The Morgan fingerprint density at radius 2 is 2.36 bits per heavy atom. The van der Waals surface area contributed by atoms with Gasteiger partial charge in [0.15, 0.2) is 6.61 Å². The van der Waals surface area contributed by atoms with E-state index in [0.717, 1.165) is 38.8 Å². The second-order valence-corrected chi connectivity index (χ2v) is 6.44. The van der Waals surface area contributed by atoms with Crippen molar-refractivity contribution in [2.45, 2.75) is 44.2 Å². The zero-order valence-corrected chi connectivity index (χ0v) is 13.0. The van der Waals surface area contributed by atoms with E-state index in [9.17, 15) is 9.18 Å². The van der Waals surface area contributed by atoms with E-state index >= 15 is 0 Å². The first-order valence-electron chi connectivity index (χ1n) is 8.01. The Bertz CT molecular complexity index is 547. The molecule has 3 rings (SSSR count). The van der Waals surface area contributed by atoms with Crippen molar-refractivity contribution in [1.82, 2.24) is 10.2 Å². The predicted molar refractivity (Wildman–Crippen MR) is 82.3 cm³/mol. The number of ether oxygens (including phenoxy) is 1. The summed E-state index contributed by atoms with van der Waals surface area (Å²) in [7, 11) is 0. The number of hydrogen-bond acceptors (Lipinski definition) is 3. The number of hydrogen-bond donors (Lipinski definition) is 1. The van der Waals surface area contributed by atoms with E-state index in [-0.39, 0.29) is 29.9 Å². The molecule has 1 aromatic carbocycles. The van der Waals surface area contributed by atoms with Crippen LogP contribution in [0.25, 0.3) is 0 Å². The summed E-state index contributed by atoms with van der Waals surface area (Å²) in [4.78, 5) is 14.5. The van der Waals surface area contributed by atoms with Gasteiger partial charge in [-0.1, -0.05) is 6.07 Å². The lowest BCUT2D eigenvalue weighted by Crippen LogP contribution is -2.66. The Kier molecular flexibility index (Phi) is 4.34. The number of nitrogens with one attached hydrogen (secondary N) is 1. The molecule has 0 aromatic heterocycles. The second kappa shape index (κ2) is 6.24. The van der Waals surface area contributed by atoms with Gasteiger partial charge in [0.25, 0.3) is 5.91 Å². The maximum atomic E-state index is 13.1. The number of carbonyl (C=O) groups excluding carboxylic acids is 1. The zero-order chi connectivity index (χ0) is 15.6. The van der Waals surface area contributed by atoms with E-state index < -0.39 is 0 Å². The molecule has 2 fully saturated rings. The van der Waals surface area contributed by atoms with Gasteiger partial charge in [-0.3, -0.25) is 4.79 Å². The molecule has 120 valence electrons. The molecule has 2 aliphatic heterocycles. The third kappa shape index (κ3) is 3.09. The lowest BCUT2D eigenvalue weighted by Gasteiger charge is -2.51. The van der Waals surface area contributed by atoms with Gasteiger partial charge in [-0.15, -0.1) is 0 Å². The topological polar surface area (TPSA) is 41.6 Å². The van der Waals surface area contributed by atoms with Crippen LogP contribution in [0.3, 0.4) is 0 Å². The third-order valence-corrected chi connectivity index (χ3v) is 4.87. The minimum absolute atomic E-state index is 0.0103. The quantitative estimate of drug-likeness (QED) is 0.932. The molecule has 0 saturated carbocycles. The van der Waals surface area contributed by atoms with Crippen LogP contribution < -0.4 is 10.1 Å². The number of amides is 1. The first-order chi connectivity index (χ1) is 10.6. The normalized spacial score (nSPS) is 28.1. The molecule has 2 aliphatic rings. The molecular weight excluding hydrogens is 283 g/mol. The van der Waals surface area contributed by atoms with Crippen LogP contribution in [0.1, 0.15) is 32.6 Å². The Labute approximate surface area is 130 Å². The van der Waals surface area contributed by atoms with Gasteiger partial charge in [-0.25, -0.2) is 4.39 Å². The summed E-state index contributed by atoms with van der Waals surface area (Å²) in [5, 5.41) is 3.58. The highest BCUT2D eigenvalue weighted by Gasteiger charge is 2.44. The molecule has 4 nitrogen and oxygen atoms in total. The summed E-state index contributed by atoms with van der Waals surface area (Å²) >= 11 is 0. The van der Waals surface area contributed by atoms with E-state index in [1.165, 1.54) is 12.1 Å². The fourth-order valence-electron chi connectivity index (χ4n) is 3.72. The van der Waals surface area contributed by atoms with E-state index in [1.807, 2.05) is 4.90 Å². The lowest BCUT2D eigenvalue weighted by atomic mass is 9.78. The van der Waals surface area contributed by atoms with E-state index in [0.29, 0.717) is 5.75 Å². The van der Waals surface area contributed by atoms with Crippen LogP contribution in [0.2, 0.25) is 0 Å². The molecule has 0 radical (unpaired) electrons. The van der Waals surface area contributed by atoms with Crippen molar-refractivity contribution in [3.8, 4) is 5.75 Å². The van der Waals surface area contributed by atoms with Crippen molar-refractivity contribution in [1.29, 1.82) is 0 Å². The molecule has 1 N–H and O–H groups in total. The zero-order valence-electron chi connectivity index (χ0n) is 13.0. The van der Waals surface area contributed by atoms with Crippen LogP contribution in [0, 0.1) is 5.82 Å². The fraction of sp³-hybridized carbons (Fsp3) is 0.588. The van der Waals surface area contributed by atoms with Gasteiger partial charge >= 0.3 is 0 Å². The Morgan fingerprint density at radius 1 is 1.50 bits per heavy atom. The largest absolute Gasteiger partial charge is 0.484 e. The highest BCUT2D eigenvalue weighted by atomic mass is 19.1. The van der Waals surface area contributed by atoms with Crippen LogP contribution in [-0.2, 0) is 4.79 Å². The first-order valence-corrected chi connectivity index (χ1v) is 8.01. The molecule has 22 heavy (non-hydrogen) atoms. The average molecular weight is 306 g/mol. The maximum absolute atomic E-state index is 13.1. The highest BCUT2D eigenvalue weighted by Crippen LogP contribution is 2.33. The van der Waals surface area contributed by atoms with Gasteiger partial charge in [0.05, 0.1) is 0 Å². The van der Waals surface area contributed by atoms with Gasteiger partial charge < -0.3 is 15.0 Å². The van der Waals surface area contributed by atoms with Crippen LogP contribution in [0.15, 0.2) is 24.3 Å². The van der Waals surface area contributed by atoms with Crippen LogP contribution >= 0.6 is 0 Å². The van der Waals surface area contributed by atoms with Crippen molar-refractivity contribution in [3.63, 3.8) is 0 Å². The van der Waals surface area contributed by atoms with Crippen LogP contribution in [-0.4, -0.2) is 42.1 Å². The molecule has 2 atom stereocenters. The number of halogens is 1. The molecule has 5 heteroatoms. The summed E-state index contributed by atoms with van der Waals surface area (Å²) in [6.45, 7) is 3.99. The second-order valence-electron chi connectivity index (χ2n) is 6.44. The molecule has 1 amide bonds. The van der Waals surface area contributed by atoms with Crippen molar-refractivity contribution in [2.75, 3.05) is 19.7 Å². The van der Waals surface area contributed by atoms with Gasteiger partial charge in [0.1, 0.15) is 11.6 Å². The Morgan fingerprint density at radius 3 is 3.18 bits per heavy atom. The molecular formula is C17H23FN2O2. The molecule has 2 saturated heterocycles. The minimum Gasteiger partial charge on any atom is -0.484 e. The number of likely N-dealkylation sites (tertiary alicyclic amines) is 1. The smallest absolute Gasteiger partial charge is 0.260 e. The summed E-state index contributed by atoms with van der Waals surface area (Å²) in [5.41, 5.74) is 0.0189. The van der Waals surface area contributed by atoms with Crippen molar-refractivity contribution in [3.05, 3.63) is 30.1 Å².